The van der Waals surface area contributed by atoms with E-state index in [-0.39, 0.29) is 11.6 Å². The van der Waals surface area contributed by atoms with Crippen LogP contribution in [0, 0.1) is 5.92 Å². The number of hydrogen-bond acceptors (Lipinski definition) is 3. The maximum Gasteiger partial charge on any atom is 0.408 e. The molecule has 0 spiro atoms. The van der Waals surface area contributed by atoms with Gasteiger partial charge in [0.25, 0.3) is 0 Å². The molecule has 1 amide bonds. The van der Waals surface area contributed by atoms with Crippen LogP contribution >= 0.6 is 0 Å². The van der Waals surface area contributed by atoms with Gasteiger partial charge in [0.05, 0.1) is 5.54 Å². The summed E-state index contributed by atoms with van der Waals surface area (Å²) in [6.07, 6.45) is 1.98. The molecule has 4 nitrogen and oxygen atoms in total. The first kappa shape index (κ1) is 10.7. The third kappa shape index (κ3) is 2.43. The highest BCUT2D eigenvalue weighted by molar-refractivity contribution is 5.69. The largest absolute Gasteiger partial charge is 0.444 e. The normalized spacial score (nSPS) is 34.2. The fraction of sp³-hybridized carbons (Fsp3) is 0.909. The van der Waals surface area contributed by atoms with Crippen molar-refractivity contribution >= 4 is 6.09 Å². The Morgan fingerprint density at radius 2 is 2.27 bits per heavy atom. The number of rotatable bonds is 1. The lowest BCUT2D eigenvalue weighted by Crippen LogP contribution is -2.50. The van der Waals surface area contributed by atoms with E-state index in [0.29, 0.717) is 5.92 Å². The fourth-order valence-electron chi connectivity index (χ4n) is 2.27. The van der Waals surface area contributed by atoms with E-state index >= 15 is 0 Å². The lowest BCUT2D eigenvalue weighted by atomic mass is 10.1. The molecule has 0 aromatic rings. The molecular weight excluding hydrogens is 192 g/mol. The Kier molecular flexibility index (Phi) is 2.41. The molecule has 1 heterocycles. The summed E-state index contributed by atoms with van der Waals surface area (Å²) >= 11 is 0. The van der Waals surface area contributed by atoms with Crippen molar-refractivity contribution in [2.24, 2.45) is 5.92 Å². The predicted molar refractivity (Wildman–Crippen MR) is 57.7 cm³/mol. The van der Waals surface area contributed by atoms with Crippen LogP contribution in [0.2, 0.25) is 0 Å². The molecule has 1 saturated heterocycles. The number of hydrogen-bond donors (Lipinski definition) is 2. The molecule has 2 fully saturated rings. The van der Waals surface area contributed by atoms with Crippen LogP contribution in [0.25, 0.3) is 0 Å². The summed E-state index contributed by atoms with van der Waals surface area (Å²) in [5, 5.41) is 6.32. The molecule has 1 saturated carbocycles. The maximum atomic E-state index is 11.6. The Labute approximate surface area is 90.8 Å². The molecule has 0 radical (unpaired) electrons. The van der Waals surface area contributed by atoms with Crippen molar-refractivity contribution in [3.63, 3.8) is 0 Å². The summed E-state index contributed by atoms with van der Waals surface area (Å²) in [6.45, 7) is 7.61. The summed E-state index contributed by atoms with van der Waals surface area (Å²) in [5.74, 6) is 0.659. The van der Waals surface area contributed by atoms with Gasteiger partial charge in [-0.3, -0.25) is 0 Å². The van der Waals surface area contributed by atoms with Gasteiger partial charge in [0.2, 0.25) is 0 Å². The van der Waals surface area contributed by atoms with Gasteiger partial charge in [-0.25, -0.2) is 4.79 Å². The molecule has 0 aromatic carbocycles. The zero-order valence-electron chi connectivity index (χ0n) is 9.72. The molecule has 1 aliphatic carbocycles. The number of carbonyl (C=O) groups is 1. The van der Waals surface area contributed by atoms with E-state index in [9.17, 15) is 4.79 Å². The second kappa shape index (κ2) is 3.37. The first-order chi connectivity index (χ1) is 6.91. The summed E-state index contributed by atoms with van der Waals surface area (Å²) < 4.78 is 5.25. The van der Waals surface area contributed by atoms with Crippen molar-refractivity contribution in [2.45, 2.75) is 44.8 Å². The number of piperidine rings is 1. The SMILES string of the molecule is CC(C)(C)OC(=O)NC12CNCCC1C2. The van der Waals surface area contributed by atoms with Gasteiger partial charge in [-0.15, -0.1) is 0 Å². The standard InChI is InChI=1S/C11H20N2O2/c1-10(2,3)15-9(14)13-11-6-8(11)4-5-12-7-11/h8,12H,4-7H2,1-3H3,(H,13,14). The van der Waals surface area contributed by atoms with Gasteiger partial charge in [0.15, 0.2) is 0 Å². The van der Waals surface area contributed by atoms with Gasteiger partial charge < -0.3 is 15.4 Å². The highest BCUT2D eigenvalue weighted by atomic mass is 16.6. The van der Waals surface area contributed by atoms with Gasteiger partial charge in [-0.1, -0.05) is 0 Å². The molecule has 86 valence electrons. The second-order valence-electron chi connectivity index (χ2n) is 5.65. The second-order valence-corrected chi connectivity index (χ2v) is 5.65. The molecular formula is C11H20N2O2. The lowest BCUT2D eigenvalue weighted by Gasteiger charge is -2.26. The minimum absolute atomic E-state index is 0.000579. The van der Waals surface area contributed by atoms with Crippen molar-refractivity contribution in [2.75, 3.05) is 13.1 Å². The van der Waals surface area contributed by atoms with Crippen molar-refractivity contribution in [3.05, 3.63) is 0 Å². The van der Waals surface area contributed by atoms with Crippen molar-refractivity contribution in [1.29, 1.82) is 0 Å². The lowest BCUT2D eigenvalue weighted by molar-refractivity contribution is 0.0486. The predicted octanol–water partition coefficient (Wildman–Crippen LogP) is 1.26. The van der Waals surface area contributed by atoms with Crippen LogP contribution in [0.15, 0.2) is 0 Å². The van der Waals surface area contributed by atoms with E-state index in [1.54, 1.807) is 0 Å². The molecule has 0 aromatic heterocycles. The minimum Gasteiger partial charge on any atom is -0.444 e. The van der Waals surface area contributed by atoms with Crippen LogP contribution in [-0.4, -0.2) is 30.3 Å². The van der Waals surface area contributed by atoms with E-state index in [1.165, 1.54) is 0 Å². The Bertz CT molecular complexity index is 272. The minimum atomic E-state index is -0.410. The molecule has 2 rings (SSSR count). The van der Waals surface area contributed by atoms with E-state index in [1.807, 2.05) is 20.8 Å². The molecule has 2 aliphatic rings. The Balaban J connectivity index is 1.85. The number of fused-ring (bicyclic) bond motifs is 1. The van der Waals surface area contributed by atoms with E-state index in [4.69, 9.17) is 4.74 Å². The van der Waals surface area contributed by atoms with Gasteiger partial charge in [-0.2, -0.15) is 0 Å². The number of carbonyl (C=O) groups excluding carboxylic acids is 1. The van der Waals surface area contributed by atoms with E-state index < -0.39 is 5.60 Å². The monoisotopic (exact) mass is 212 g/mol. The molecule has 15 heavy (non-hydrogen) atoms. The zero-order valence-corrected chi connectivity index (χ0v) is 9.72. The number of alkyl carbamates (subject to hydrolysis) is 1. The average Bonchev–Trinajstić information content (AvgIpc) is 2.73. The van der Waals surface area contributed by atoms with E-state index in [0.717, 1.165) is 25.9 Å². The number of amides is 1. The third-order valence-corrected chi connectivity index (χ3v) is 3.09. The number of nitrogens with one attached hydrogen (secondary N) is 2. The maximum absolute atomic E-state index is 11.6. The number of ether oxygens (including phenoxy) is 1. The van der Waals surface area contributed by atoms with E-state index in [2.05, 4.69) is 10.6 Å². The zero-order chi connectivity index (χ0) is 11.1. The summed E-state index contributed by atoms with van der Waals surface area (Å²) in [7, 11) is 0. The first-order valence-corrected chi connectivity index (χ1v) is 5.63. The highest BCUT2D eigenvalue weighted by Crippen LogP contribution is 2.47. The molecule has 2 N–H and O–H groups in total. The van der Waals surface area contributed by atoms with Crippen LogP contribution in [0.4, 0.5) is 4.79 Å². The van der Waals surface area contributed by atoms with Crippen molar-refractivity contribution in [1.82, 2.24) is 10.6 Å². The summed E-state index contributed by atoms with van der Waals surface area (Å²) in [4.78, 5) is 11.6. The van der Waals surface area contributed by atoms with Crippen LogP contribution in [0.5, 0.6) is 0 Å². The Morgan fingerprint density at radius 1 is 1.53 bits per heavy atom. The molecule has 1 aliphatic heterocycles. The Morgan fingerprint density at radius 3 is 2.87 bits per heavy atom. The summed E-state index contributed by atoms with van der Waals surface area (Å²) in [5.41, 5.74) is -0.409. The highest BCUT2D eigenvalue weighted by Gasteiger charge is 2.56. The van der Waals surface area contributed by atoms with Gasteiger partial charge in [0, 0.05) is 6.54 Å². The van der Waals surface area contributed by atoms with Gasteiger partial charge in [-0.05, 0) is 46.1 Å². The van der Waals surface area contributed by atoms with Crippen LogP contribution < -0.4 is 10.6 Å². The average molecular weight is 212 g/mol. The van der Waals surface area contributed by atoms with Gasteiger partial charge in [0.1, 0.15) is 5.60 Å². The van der Waals surface area contributed by atoms with Crippen LogP contribution in [-0.2, 0) is 4.74 Å². The first-order valence-electron chi connectivity index (χ1n) is 5.63. The fourth-order valence-corrected chi connectivity index (χ4v) is 2.27. The molecule has 4 heteroatoms. The molecule has 2 atom stereocenters. The molecule has 0 bridgehead atoms. The smallest absolute Gasteiger partial charge is 0.408 e. The van der Waals surface area contributed by atoms with Crippen LogP contribution in [0.3, 0.4) is 0 Å². The van der Waals surface area contributed by atoms with Crippen molar-refractivity contribution in [3.8, 4) is 0 Å². The van der Waals surface area contributed by atoms with Crippen LogP contribution in [0.1, 0.15) is 33.6 Å². The Hall–Kier alpha value is -0.770. The molecule has 2 unspecified atom stereocenters. The van der Waals surface area contributed by atoms with Crippen molar-refractivity contribution < 1.29 is 9.53 Å². The third-order valence-electron chi connectivity index (χ3n) is 3.09. The topological polar surface area (TPSA) is 50.4 Å². The quantitative estimate of drug-likeness (QED) is 0.688. The van der Waals surface area contributed by atoms with Gasteiger partial charge >= 0.3 is 6.09 Å². The summed E-state index contributed by atoms with van der Waals surface area (Å²) in [6, 6.07) is 0.